The molecule has 0 saturated heterocycles. The largest absolute Gasteiger partial charge is 0.472 e. The number of unbranched alkanes of at least 4 members (excludes halogenated alkanes) is 37. The van der Waals surface area contributed by atoms with Crippen molar-refractivity contribution in [3.8, 4) is 0 Å². The molecule has 9 heteroatoms. The van der Waals surface area contributed by atoms with Crippen molar-refractivity contribution in [1.82, 2.24) is 0 Å². The maximum absolute atomic E-state index is 12.8. The van der Waals surface area contributed by atoms with Crippen LogP contribution in [0.3, 0.4) is 0 Å². The van der Waals surface area contributed by atoms with E-state index in [0.29, 0.717) is 24.1 Å². The van der Waals surface area contributed by atoms with E-state index in [4.69, 9.17) is 18.5 Å². The normalized spacial score (nSPS) is 13.6. The lowest BCUT2D eigenvalue weighted by molar-refractivity contribution is -0.870. The Morgan fingerprint density at radius 1 is 0.443 bits per heavy atom. The van der Waals surface area contributed by atoms with Crippen LogP contribution in [0.15, 0.2) is 36.5 Å². The number of quaternary nitrogens is 1. The molecular formula is C61H119NO7P+. The van der Waals surface area contributed by atoms with Crippen LogP contribution in [-0.4, -0.2) is 75.6 Å². The maximum atomic E-state index is 12.8. The third-order valence-electron chi connectivity index (χ3n) is 13.5. The summed E-state index contributed by atoms with van der Waals surface area (Å²) in [5.74, 6) is -0.309. The molecule has 0 aromatic rings. The van der Waals surface area contributed by atoms with E-state index in [1.807, 2.05) is 21.1 Å². The Morgan fingerprint density at radius 3 is 1.17 bits per heavy atom. The molecule has 414 valence electrons. The van der Waals surface area contributed by atoms with Gasteiger partial charge in [-0.25, -0.2) is 4.57 Å². The second-order valence-electron chi connectivity index (χ2n) is 21.7. The molecule has 0 aromatic heterocycles. The summed E-state index contributed by atoms with van der Waals surface area (Å²) in [5, 5.41) is 0. The van der Waals surface area contributed by atoms with E-state index in [1.54, 1.807) is 0 Å². The molecule has 0 aliphatic rings. The van der Waals surface area contributed by atoms with E-state index in [-0.39, 0.29) is 25.8 Å². The number of carbonyl (C=O) groups is 1. The first-order valence-electron chi connectivity index (χ1n) is 30.2. The van der Waals surface area contributed by atoms with Gasteiger partial charge in [0, 0.05) is 13.0 Å². The van der Waals surface area contributed by atoms with Gasteiger partial charge >= 0.3 is 13.8 Å². The third kappa shape index (κ3) is 57.6. The second-order valence-corrected chi connectivity index (χ2v) is 23.2. The Labute approximate surface area is 435 Å². The van der Waals surface area contributed by atoms with Crippen LogP contribution < -0.4 is 0 Å². The van der Waals surface area contributed by atoms with Gasteiger partial charge < -0.3 is 18.9 Å². The van der Waals surface area contributed by atoms with Gasteiger partial charge in [-0.2, -0.15) is 0 Å². The number of carbonyl (C=O) groups excluding carboxylic acids is 1. The van der Waals surface area contributed by atoms with E-state index in [0.717, 1.165) is 44.9 Å². The fraction of sp³-hybridized carbons (Fsp3) is 0.885. The lowest BCUT2D eigenvalue weighted by atomic mass is 10.0. The van der Waals surface area contributed by atoms with E-state index in [9.17, 15) is 14.3 Å². The summed E-state index contributed by atoms with van der Waals surface area (Å²) in [6, 6.07) is 0. The average molecular weight is 1010 g/mol. The number of hydrogen-bond acceptors (Lipinski definition) is 6. The molecule has 0 rings (SSSR count). The third-order valence-corrected chi connectivity index (χ3v) is 14.4. The van der Waals surface area contributed by atoms with Crippen LogP contribution in [0.25, 0.3) is 0 Å². The molecule has 0 saturated carbocycles. The molecule has 70 heavy (non-hydrogen) atoms. The number of esters is 1. The Balaban J connectivity index is 4.04. The van der Waals surface area contributed by atoms with Crippen molar-refractivity contribution in [2.45, 2.75) is 296 Å². The van der Waals surface area contributed by atoms with Gasteiger partial charge in [-0.15, -0.1) is 0 Å². The van der Waals surface area contributed by atoms with Crippen LogP contribution in [0.5, 0.6) is 0 Å². The van der Waals surface area contributed by atoms with Crippen molar-refractivity contribution in [1.29, 1.82) is 0 Å². The smallest absolute Gasteiger partial charge is 0.457 e. The highest BCUT2D eigenvalue weighted by atomic mass is 31.2. The van der Waals surface area contributed by atoms with Crippen LogP contribution in [0, 0.1) is 0 Å². The van der Waals surface area contributed by atoms with Gasteiger partial charge in [-0.1, -0.05) is 269 Å². The Kier molecular flexibility index (Phi) is 53.0. The number of phosphoric acid groups is 1. The molecule has 1 N–H and O–H groups in total. The molecule has 0 amide bonds. The molecule has 0 fully saturated rings. The molecule has 2 unspecified atom stereocenters. The van der Waals surface area contributed by atoms with E-state index in [2.05, 4.69) is 50.3 Å². The number of rotatable bonds is 57. The van der Waals surface area contributed by atoms with Crippen molar-refractivity contribution < 1.29 is 37.3 Å². The minimum atomic E-state index is -4.29. The zero-order valence-corrected chi connectivity index (χ0v) is 48.2. The van der Waals surface area contributed by atoms with Crippen LogP contribution in [0.4, 0.5) is 0 Å². The van der Waals surface area contributed by atoms with Gasteiger partial charge in [0.05, 0.1) is 34.4 Å². The molecule has 0 radical (unpaired) electrons. The Morgan fingerprint density at radius 2 is 0.786 bits per heavy atom. The van der Waals surface area contributed by atoms with Crippen LogP contribution in [-0.2, 0) is 27.9 Å². The van der Waals surface area contributed by atoms with Gasteiger partial charge in [-0.05, 0) is 51.4 Å². The highest BCUT2D eigenvalue weighted by Gasteiger charge is 2.26. The van der Waals surface area contributed by atoms with Crippen molar-refractivity contribution in [2.24, 2.45) is 0 Å². The zero-order chi connectivity index (χ0) is 51.2. The number of allylic oxidation sites excluding steroid dienone is 6. The molecule has 0 spiro atoms. The predicted octanol–water partition coefficient (Wildman–Crippen LogP) is 19.2. The van der Waals surface area contributed by atoms with Crippen LogP contribution >= 0.6 is 7.82 Å². The Bertz CT molecular complexity index is 1220. The first kappa shape index (κ1) is 68.7. The van der Waals surface area contributed by atoms with Crippen molar-refractivity contribution in [3.05, 3.63) is 36.5 Å². The highest BCUT2D eigenvalue weighted by molar-refractivity contribution is 7.47. The number of phosphoric ester groups is 1. The second kappa shape index (κ2) is 54.0. The first-order chi connectivity index (χ1) is 34.1. The molecular weight excluding hydrogens is 890 g/mol. The predicted molar refractivity (Wildman–Crippen MR) is 303 cm³/mol. The summed E-state index contributed by atoms with van der Waals surface area (Å²) >= 11 is 0. The number of hydrogen-bond donors (Lipinski definition) is 1. The SMILES string of the molecule is CCCCCCC/C=C\C/C=C\C/C=C\CCCCCCCCCCCOCC(COP(=O)(O)OCC[N+](C)(C)C)OC(=O)CCCCCCCCCCCCCCCCCCCCCCCCCC. The number of ether oxygens (including phenoxy) is 2. The molecule has 2 atom stereocenters. The van der Waals surface area contributed by atoms with Crippen molar-refractivity contribution in [3.63, 3.8) is 0 Å². The highest BCUT2D eigenvalue weighted by Crippen LogP contribution is 2.43. The van der Waals surface area contributed by atoms with Crippen LogP contribution in [0.2, 0.25) is 0 Å². The fourth-order valence-electron chi connectivity index (χ4n) is 8.80. The summed E-state index contributed by atoms with van der Waals surface area (Å²) in [7, 11) is 1.68. The minimum Gasteiger partial charge on any atom is -0.457 e. The van der Waals surface area contributed by atoms with Crippen LogP contribution in [0.1, 0.15) is 290 Å². The fourth-order valence-corrected chi connectivity index (χ4v) is 9.54. The lowest BCUT2D eigenvalue weighted by Gasteiger charge is -2.24. The first-order valence-corrected chi connectivity index (χ1v) is 31.7. The summed E-state index contributed by atoms with van der Waals surface area (Å²) in [5.41, 5.74) is 0. The molecule has 0 bridgehead atoms. The standard InChI is InChI=1S/C61H118NO7P/c1-6-8-10-12-14-16-18-20-22-24-26-28-30-32-34-36-38-40-42-44-46-48-50-52-54-61(63)69-60(59-68-70(64,65)67-57-55-62(3,4)5)58-66-56-53-51-49-47-45-43-41-39-37-35-33-31-29-27-25-23-21-19-17-15-13-11-9-7-2/h19,21,25,27,31,33,60H,6-18,20,22-24,26,28-30,32,34-59H2,1-5H3/p+1/b21-19-,27-25-,33-31-. The number of nitrogens with zero attached hydrogens (tertiary/aromatic N) is 1. The monoisotopic (exact) mass is 1010 g/mol. The quantitative estimate of drug-likeness (QED) is 0.0213. The zero-order valence-electron chi connectivity index (χ0n) is 47.3. The summed E-state index contributed by atoms with van der Waals surface area (Å²) in [6.45, 7) is 5.66. The van der Waals surface area contributed by atoms with Gasteiger partial charge in [0.2, 0.25) is 0 Å². The topological polar surface area (TPSA) is 91.3 Å². The van der Waals surface area contributed by atoms with Crippen molar-refractivity contribution in [2.75, 3.05) is 54.1 Å². The molecule has 0 aliphatic heterocycles. The minimum absolute atomic E-state index is 0.0890. The van der Waals surface area contributed by atoms with E-state index >= 15 is 0 Å². The van der Waals surface area contributed by atoms with E-state index in [1.165, 1.54) is 225 Å². The molecule has 0 aromatic carbocycles. The average Bonchev–Trinajstić information content (AvgIpc) is 3.32. The van der Waals surface area contributed by atoms with E-state index < -0.39 is 13.9 Å². The molecule has 0 heterocycles. The summed E-state index contributed by atoms with van der Waals surface area (Å²) in [6.07, 6.45) is 67.9. The van der Waals surface area contributed by atoms with Gasteiger partial charge in [-0.3, -0.25) is 13.8 Å². The Hall–Kier alpha value is -1.28. The van der Waals surface area contributed by atoms with Gasteiger partial charge in [0.15, 0.2) is 0 Å². The summed E-state index contributed by atoms with van der Waals surface area (Å²) in [4.78, 5) is 23.1. The van der Waals surface area contributed by atoms with Crippen molar-refractivity contribution >= 4 is 13.8 Å². The summed E-state index contributed by atoms with van der Waals surface area (Å²) < 4.78 is 35.3. The maximum Gasteiger partial charge on any atom is 0.472 e. The molecule has 8 nitrogen and oxygen atoms in total. The lowest BCUT2D eigenvalue weighted by Crippen LogP contribution is -2.37. The molecule has 0 aliphatic carbocycles. The number of likely N-dealkylation sites (N-methyl/N-ethyl adjacent to an activating group) is 1. The van der Waals surface area contributed by atoms with Gasteiger partial charge in [0.1, 0.15) is 19.3 Å². The van der Waals surface area contributed by atoms with Gasteiger partial charge in [0.25, 0.3) is 0 Å².